The molecule has 0 bridgehead atoms. The minimum atomic E-state index is -0.387. The Morgan fingerprint density at radius 2 is 2.27 bits per heavy atom. The second-order valence-corrected chi connectivity index (χ2v) is 3.36. The van der Waals surface area contributed by atoms with Gasteiger partial charge in [0.2, 0.25) is 0 Å². The molecule has 1 heterocycles. The van der Waals surface area contributed by atoms with Gasteiger partial charge in [-0.1, -0.05) is 0 Å². The fraction of sp³-hybridized carbons (Fsp3) is 0.300. The number of hydrogen-bond acceptors (Lipinski definition) is 3. The van der Waals surface area contributed by atoms with Crippen LogP contribution in [-0.2, 0) is 6.54 Å². The molecule has 0 aliphatic carbocycles. The van der Waals surface area contributed by atoms with Crippen molar-refractivity contribution >= 4 is 16.6 Å². The lowest BCUT2D eigenvalue weighted by atomic mass is 10.2. The Morgan fingerprint density at radius 3 is 2.87 bits per heavy atom. The normalized spacial score (nSPS) is 10.8. The second-order valence-electron chi connectivity index (χ2n) is 3.36. The third-order valence-corrected chi connectivity index (χ3v) is 2.43. The fourth-order valence-electron chi connectivity index (χ4n) is 1.68. The van der Waals surface area contributed by atoms with Gasteiger partial charge in [0, 0.05) is 24.1 Å². The van der Waals surface area contributed by atoms with E-state index in [2.05, 4.69) is 5.10 Å². The summed E-state index contributed by atoms with van der Waals surface area (Å²) in [6.45, 7) is 4.58. The van der Waals surface area contributed by atoms with Gasteiger partial charge in [0.1, 0.15) is 0 Å². The summed E-state index contributed by atoms with van der Waals surface area (Å²) >= 11 is 0. The Morgan fingerprint density at radius 1 is 1.53 bits per heavy atom. The molecule has 0 fully saturated rings. The molecule has 5 heteroatoms. The summed E-state index contributed by atoms with van der Waals surface area (Å²) in [7, 11) is 0. The Labute approximate surface area is 86.5 Å². The maximum absolute atomic E-state index is 10.6. The Kier molecular flexibility index (Phi) is 2.15. The first-order valence-corrected chi connectivity index (χ1v) is 4.75. The number of hydrogen-bond donors (Lipinski definition) is 0. The molecular weight excluding hydrogens is 194 g/mol. The Hall–Kier alpha value is -1.91. The fourth-order valence-corrected chi connectivity index (χ4v) is 1.68. The van der Waals surface area contributed by atoms with Gasteiger partial charge in [0.15, 0.2) is 0 Å². The number of aryl methyl sites for hydroxylation is 2. The molecule has 2 rings (SSSR count). The summed E-state index contributed by atoms with van der Waals surface area (Å²) in [6.07, 6.45) is 0. The number of fused-ring (bicyclic) bond motifs is 1. The van der Waals surface area contributed by atoms with Gasteiger partial charge in [0.25, 0.3) is 5.69 Å². The average molecular weight is 205 g/mol. The summed E-state index contributed by atoms with van der Waals surface area (Å²) in [5.41, 5.74) is 1.84. The molecule has 0 saturated carbocycles. The maximum atomic E-state index is 10.6. The molecule has 0 N–H and O–H groups in total. The van der Waals surface area contributed by atoms with Crippen molar-refractivity contribution < 1.29 is 4.92 Å². The van der Waals surface area contributed by atoms with E-state index >= 15 is 0 Å². The van der Waals surface area contributed by atoms with E-state index in [0.29, 0.717) is 6.54 Å². The van der Waals surface area contributed by atoms with E-state index in [4.69, 9.17) is 0 Å². The molecule has 0 amide bonds. The number of benzene rings is 1. The lowest BCUT2D eigenvalue weighted by Gasteiger charge is -1.97. The minimum absolute atomic E-state index is 0.108. The molecule has 0 spiro atoms. The Balaban J connectivity index is 2.73. The minimum Gasteiger partial charge on any atom is -0.265 e. The SMILES string of the molecule is CCn1nc(C)c2ccc([N+](=O)[O-])cc21. The van der Waals surface area contributed by atoms with Crippen LogP contribution >= 0.6 is 0 Å². The average Bonchev–Trinajstić information content (AvgIpc) is 2.55. The third kappa shape index (κ3) is 1.45. The van der Waals surface area contributed by atoms with Crippen LogP contribution in [0.5, 0.6) is 0 Å². The molecule has 0 aliphatic heterocycles. The van der Waals surface area contributed by atoms with E-state index in [-0.39, 0.29) is 10.6 Å². The molecule has 0 aliphatic rings. The summed E-state index contributed by atoms with van der Waals surface area (Å²) in [6, 6.07) is 4.83. The van der Waals surface area contributed by atoms with Crippen molar-refractivity contribution in [1.82, 2.24) is 9.78 Å². The molecule has 1 aromatic heterocycles. The van der Waals surface area contributed by atoms with E-state index < -0.39 is 0 Å². The number of nitro benzene ring substituents is 1. The van der Waals surface area contributed by atoms with Crippen molar-refractivity contribution in [1.29, 1.82) is 0 Å². The molecule has 5 nitrogen and oxygen atoms in total. The van der Waals surface area contributed by atoms with Gasteiger partial charge in [-0.3, -0.25) is 14.8 Å². The van der Waals surface area contributed by atoms with Crippen LogP contribution in [0, 0.1) is 17.0 Å². The maximum Gasteiger partial charge on any atom is 0.271 e. The first-order valence-electron chi connectivity index (χ1n) is 4.75. The number of rotatable bonds is 2. The first kappa shape index (κ1) is 9.64. The summed E-state index contributed by atoms with van der Waals surface area (Å²) < 4.78 is 1.78. The molecule has 0 atom stereocenters. The van der Waals surface area contributed by atoms with E-state index in [1.807, 2.05) is 13.8 Å². The quantitative estimate of drug-likeness (QED) is 0.558. The summed E-state index contributed by atoms with van der Waals surface area (Å²) in [4.78, 5) is 10.2. The zero-order valence-corrected chi connectivity index (χ0v) is 8.60. The van der Waals surface area contributed by atoms with Crippen LogP contribution in [0.25, 0.3) is 10.9 Å². The largest absolute Gasteiger partial charge is 0.271 e. The predicted octanol–water partition coefficient (Wildman–Crippen LogP) is 2.27. The standard InChI is InChI=1S/C10H11N3O2/c1-3-12-10-6-8(13(14)15)4-5-9(10)7(2)11-12/h4-6H,3H2,1-2H3. The van der Waals surface area contributed by atoms with Gasteiger partial charge >= 0.3 is 0 Å². The van der Waals surface area contributed by atoms with Crippen molar-refractivity contribution in [3.8, 4) is 0 Å². The van der Waals surface area contributed by atoms with Crippen molar-refractivity contribution in [2.75, 3.05) is 0 Å². The van der Waals surface area contributed by atoms with Crippen LogP contribution in [-0.4, -0.2) is 14.7 Å². The van der Waals surface area contributed by atoms with Crippen LogP contribution in [0.1, 0.15) is 12.6 Å². The van der Waals surface area contributed by atoms with E-state index in [1.54, 1.807) is 16.8 Å². The highest BCUT2D eigenvalue weighted by Gasteiger charge is 2.11. The van der Waals surface area contributed by atoms with Gasteiger partial charge in [-0.05, 0) is 19.9 Å². The van der Waals surface area contributed by atoms with Crippen LogP contribution in [0.4, 0.5) is 5.69 Å². The van der Waals surface area contributed by atoms with Gasteiger partial charge in [0.05, 0.1) is 16.1 Å². The Bertz CT molecular complexity index is 531. The van der Waals surface area contributed by atoms with Gasteiger partial charge in [-0.2, -0.15) is 5.10 Å². The highest BCUT2D eigenvalue weighted by Crippen LogP contribution is 2.23. The second kappa shape index (κ2) is 3.34. The van der Waals surface area contributed by atoms with Crippen LogP contribution in [0.2, 0.25) is 0 Å². The molecule has 2 aromatic rings. The van der Waals surface area contributed by atoms with Gasteiger partial charge < -0.3 is 0 Å². The van der Waals surface area contributed by atoms with Crippen molar-refractivity contribution in [3.05, 3.63) is 34.0 Å². The summed E-state index contributed by atoms with van der Waals surface area (Å²) in [5, 5.41) is 15.9. The molecule has 78 valence electrons. The van der Waals surface area contributed by atoms with E-state index in [9.17, 15) is 10.1 Å². The number of nitro groups is 1. The van der Waals surface area contributed by atoms with Crippen LogP contribution in [0.15, 0.2) is 18.2 Å². The third-order valence-electron chi connectivity index (χ3n) is 2.43. The van der Waals surface area contributed by atoms with Gasteiger partial charge in [-0.25, -0.2) is 0 Å². The molecule has 1 aromatic carbocycles. The predicted molar refractivity (Wildman–Crippen MR) is 56.8 cm³/mol. The van der Waals surface area contributed by atoms with Crippen molar-refractivity contribution in [2.45, 2.75) is 20.4 Å². The van der Waals surface area contributed by atoms with Crippen molar-refractivity contribution in [3.63, 3.8) is 0 Å². The molecular formula is C10H11N3O2. The topological polar surface area (TPSA) is 61.0 Å². The highest BCUT2D eigenvalue weighted by molar-refractivity contribution is 5.83. The zero-order valence-electron chi connectivity index (χ0n) is 8.60. The lowest BCUT2D eigenvalue weighted by molar-refractivity contribution is -0.384. The monoisotopic (exact) mass is 205 g/mol. The molecule has 0 saturated heterocycles. The van der Waals surface area contributed by atoms with E-state index in [0.717, 1.165) is 16.6 Å². The number of nitrogens with zero attached hydrogens (tertiary/aromatic N) is 3. The zero-order chi connectivity index (χ0) is 11.0. The van der Waals surface area contributed by atoms with Crippen molar-refractivity contribution in [2.24, 2.45) is 0 Å². The molecule has 0 radical (unpaired) electrons. The van der Waals surface area contributed by atoms with Gasteiger partial charge in [-0.15, -0.1) is 0 Å². The van der Waals surface area contributed by atoms with Crippen LogP contribution in [0.3, 0.4) is 0 Å². The molecule has 15 heavy (non-hydrogen) atoms. The summed E-state index contributed by atoms with van der Waals surface area (Å²) in [5.74, 6) is 0. The van der Waals surface area contributed by atoms with E-state index in [1.165, 1.54) is 6.07 Å². The van der Waals surface area contributed by atoms with Crippen LogP contribution < -0.4 is 0 Å². The lowest BCUT2D eigenvalue weighted by Crippen LogP contribution is -1.96. The highest BCUT2D eigenvalue weighted by atomic mass is 16.6. The smallest absolute Gasteiger partial charge is 0.265 e. The molecule has 0 unspecified atom stereocenters. The first-order chi connectivity index (χ1) is 7.13. The number of aromatic nitrogens is 2. The number of non-ortho nitro benzene ring substituents is 1.